The Balaban J connectivity index is 1.80. The molecule has 0 radical (unpaired) electrons. The number of hydrogen-bond acceptors (Lipinski definition) is 3. The highest BCUT2D eigenvalue weighted by Gasteiger charge is 2.33. The van der Waals surface area contributed by atoms with E-state index in [1.165, 1.54) is 18.2 Å². The molecule has 0 saturated carbocycles. The van der Waals surface area contributed by atoms with Crippen LogP contribution in [0, 0.1) is 0 Å². The Morgan fingerprint density at radius 1 is 1.04 bits per heavy atom. The van der Waals surface area contributed by atoms with Crippen LogP contribution in [-0.2, 0) is 6.18 Å². The van der Waals surface area contributed by atoms with E-state index in [1.54, 1.807) is 24.3 Å². The lowest BCUT2D eigenvalue weighted by atomic mass is 10.2. The lowest BCUT2D eigenvalue weighted by Crippen LogP contribution is -2.31. The number of benzene rings is 2. The molecule has 0 unspecified atom stereocenters. The molecule has 23 heavy (non-hydrogen) atoms. The van der Waals surface area contributed by atoms with Crippen LogP contribution in [0.1, 0.15) is 16.1 Å². The topological polar surface area (TPSA) is 69.8 Å². The predicted octanol–water partition coefficient (Wildman–Crippen LogP) is 3.34. The molecule has 0 aliphatic heterocycles. The molecule has 8 heteroatoms. The molecule has 0 aliphatic rings. The van der Waals surface area contributed by atoms with E-state index in [0.29, 0.717) is 10.9 Å². The number of aromatic amines is 1. The smallest absolute Gasteiger partial charge is 0.298 e. The molecule has 0 saturated heterocycles. The first kappa shape index (κ1) is 14.9. The molecule has 3 N–H and O–H groups in total. The molecule has 1 heterocycles. The van der Waals surface area contributed by atoms with Gasteiger partial charge in [-0.3, -0.25) is 20.7 Å². The van der Waals surface area contributed by atoms with Gasteiger partial charge in [-0.1, -0.05) is 30.3 Å². The SMILES string of the molecule is O=C(NNc1ccccc1C(F)(F)F)c1n[nH]c2ccccc12. The third kappa shape index (κ3) is 2.96. The molecule has 5 nitrogen and oxygen atoms in total. The molecule has 0 fully saturated rings. The van der Waals surface area contributed by atoms with Crippen LogP contribution < -0.4 is 10.9 Å². The molecule has 1 amide bonds. The van der Waals surface area contributed by atoms with Crippen molar-refractivity contribution in [3.63, 3.8) is 0 Å². The van der Waals surface area contributed by atoms with Gasteiger partial charge in [-0.2, -0.15) is 18.3 Å². The van der Waals surface area contributed by atoms with Gasteiger partial charge in [-0.05, 0) is 18.2 Å². The fourth-order valence-corrected chi connectivity index (χ4v) is 2.16. The summed E-state index contributed by atoms with van der Waals surface area (Å²) in [5.41, 5.74) is 4.18. The molecule has 3 rings (SSSR count). The van der Waals surface area contributed by atoms with E-state index in [0.717, 1.165) is 6.07 Å². The number of para-hydroxylation sites is 2. The Hall–Kier alpha value is -3.03. The highest BCUT2D eigenvalue weighted by molar-refractivity contribution is 6.04. The van der Waals surface area contributed by atoms with Crippen LogP contribution in [0.4, 0.5) is 18.9 Å². The summed E-state index contributed by atoms with van der Waals surface area (Å²) in [4.78, 5) is 12.1. The predicted molar refractivity (Wildman–Crippen MR) is 78.6 cm³/mol. The average molecular weight is 320 g/mol. The van der Waals surface area contributed by atoms with Crippen molar-refractivity contribution in [3.05, 3.63) is 59.8 Å². The summed E-state index contributed by atoms with van der Waals surface area (Å²) >= 11 is 0. The minimum absolute atomic E-state index is 0.0950. The van der Waals surface area contributed by atoms with Gasteiger partial charge in [0.25, 0.3) is 5.91 Å². The van der Waals surface area contributed by atoms with Crippen LogP contribution in [0.5, 0.6) is 0 Å². The first-order chi connectivity index (χ1) is 11.0. The monoisotopic (exact) mass is 320 g/mol. The van der Waals surface area contributed by atoms with Crippen molar-refractivity contribution in [2.24, 2.45) is 0 Å². The zero-order chi connectivity index (χ0) is 16.4. The number of rotatable bonds is 3. The number of alkyl halides is 3. The maximum Gasteiger partial charge on any atom is 0.418 e. The van der Waals surface area contributed by atoms with Crippen molar-refractivity contribution in [2.45, 2.75) is 6.18 Å². The Kier molecular flexibility index (Phi) is 3.65. The van der Waals surface area contributed by atoms with Gasteiger partial charge in [0.1, 0.15) is 0 Å². The molecule has 0 bridgehead atoms. The second-order valence-corrected chi connectivity index (χ2v) is 4.74. The van der Waals surface area contributed by atoms with Gasteiger partial charge in [-0.15, -0.1) is 0 Å². The number of hydrazine groups is 1. The zero-order valence-electron chi connectivity index (χ0n) is 11.6. The maximum atomic E-state index is 12.9. The first-order valence-corrected chi connectivity index (χ1v) is 6.62. The molecule has 0 atom stereocenters. The molecule has 0 aliphatic carbocycles. The van der Waals surface area contributed by atoms with Gasteiger partial charge in [0, 0.05) is 5.39 Å². The molecular formula is C15H11F3N4O. The lowest BCUT2D eigenvalue weighted by molar-refractivity contribution is -0.137. The van der Waals surface area contributed by atoms with Crippen LogP contribution >= 0.6 is 0 Å². The van der Waals surface area contributed by atoms with E-state index < -0.39 is 17.6 Å². The van der Waals surface area contributed by atoms with Gasteiger partial charge < -0.3 is 0 Å². The molecule has 2 aromatic carbocycles. The van der Waals surface area contributed by atoms with Crippen molar-refractivity contribution in [1.29, 1.82) is 0 Å². The van der Waals surface area contributed by atoms with Gasteiger partial charge in [0.2, 0.25) is 0 Å². The molecule has 0 spiro atoms. The third-order valence-electron chi connectivity index (χ3n) is 3.23. The highest BCUT2D eigenvalue weighted by Crippen LogP contribution is 2.34. The number of hydrogen-bond donors (Lipinski definition) is 3. The Labute approximate surface area is 128 Å². The van der Waals surface area contributed by atoms with Crippen molar-refractivity contribution in [3.8, 4) is 0 Å². The van der Waals surface area contributed by atoms with Crippen molar-refractivity contribution >= 4 is 22.5 Å². The van der Waals surface area contributed by atoms with E-state index in [9.17, 15) is 18.0 Å². The number of anilines is 1. The fraction of sp³-hybridized carbons (Fsp3) is 0.0667. The minimum Gasteiger partial charge on any atom is -0.298 e. The zero-order valence-corrected chi connectivity index (χ0v) is 11.6. The van der Waals surface area contributed by atoms with E-state index in [-0.39, 0.29) is 11.4 Å². The molecule has 3 aromatic rings. The van der Waals surface area contributed by atoms with Gasteiger partial charge in [0.05, 0.1) is 16.8 Å². The van der Waals surface area contributed by atoms with Crippen LogP contribution in [-0.4, -0.2) is 16.1 Å². The van der Waals surface area contributed by atoms with Crippen LogP contribution in [0.25, 0.3) is 10.9 Å². The second kappa shape index (κ2) is 5.64. The summed E-state index contributed by atoms with van der Waals surface area (Å²) in [7, 11) is 0. The standard InChI is InChI=1S/C15H11F3N4O/c16-15(17,18)10-6-2-4-8-12(10)20-22-14(23)13-9-5-1-3-7-11(9)19-21-13/h1-8,20H,(H,19,21)(H,22,23). The van der Waals surface area contributed by atoms with E-state index in [1.807, 2.05) is 0 Å². The number of carbonyl (C=O) groups is 1. The summed E-state index contributed by atoms with van der Waals surface area (Å²) in [6.07, 6.45) is -4.52. The minimum atomic E-state index is -4.52. The van der Waals surface area contributed by atoms with Gasteiger partial charge in [0.15, 0.2) is 5.69 Å². The quantitative estimate of drug-likeness (QED) is 0.648. The first-order valence-electron chi connectivity index (χ1n) is 6.62. The van der Waals surface area contributed by atoms with Crippen LogP contribution in [0.2, 0.25) is 0 Å². The number of amides is 1. The van der Waals surface area contributed by atoms with Crippen LogP contribution in [0.3, 0.4) is 0 Å². The van der Waals surface area contributed by atoms with Gasteiger partial charge >= 0.3 is 6.18 Å². The Morgan fingerprint density at radius 3 is 2.52 bits per heavy atom. The number of aromatic nitrogens is 2. The largest absolute Gasteiger partial charge is 0.418 e. The average Bonchev–Trinajstić information content (AvgIpc) is 2.96. The summed E-state index contributed by atoms with van der Waals surface area (Å²) < 4.78 is 38.7. The van der Waals surface area contributed by atoms with Crippen molar-refractivity contribution < 1.29 is 18.0 Å². The Bertz CT molecular complexity index is 857. The van der Waals surface area contributed by atoms with E-state index in [2.05, 4.69) is 21.0 Å². The number of nitrogens with one attached hydrogen (secondary N) is 3. The normalized spacial score (nSPS) is 11.4. The summed E-state index contributed by atoms with van der Waals surface area (Å²) in [5, 5.41) is 7.14. The molecular weight excluding hydrogens is 309 g/mol. The fourth-order valence-electron chi connectivity index (χ4n) is 2.16. The molecule has 1 aromatic heterocycles. The van der Waals surface area contributed by atoms with E-state index in [4.69, 9.17) is 0 Å². The maximum absolute atomic E-state index is 12.9. The highest BCUT2D eigenvalue weighted by atomic mass is 19.4. The van der Waals surface area contributed by atoms with E-state index >= 15 is 0 Å². The summed E-state index contributed by atoms with van der Waals surface area (Å²) in [6, 6.07) is 11.8. The van der Waals surface area contributed by atoms with Crippen LogP contribution in [0.15, 0.2) is 48.5 Å². The third-order valence-corrected chi connectivity index (χ3v) is 3.23. The number of fused-ring (bicyclic) bond motifs is 1. The number of halogens is 3. The van der Waals surface area contributed by atoms with Gasteiger partial charge in [-0.25, -0.2) is 0 Å². The second-order valence-electron chi connectivity index (χ2n) is 4.74. The van der Waals surface area contributed by atoms with Crippen molar-refractivity contribution in [1.82, 2.24) is 15.6 Å². The molecule has 118 valence electrons. The Morgan fingerprint density at radius 2 is 1.74 bits per heavy atom. The summed E-state index contributed by atoms with van der Waals surface area (Å²) in [6.45, 7) is 0. The lowest BCUT2D eigenvalue weighted by Gasteiger charge is -2.14. The van der Waals surface area contributed by atoms with Crippen molar-refractivity contribution in [2.75, 3.05) is 5.43 Å². The number of carbonyl (C=O) groups excluding carboxylic acids is 1. The number of nitrogens with zero attached hydrogens (tertiary/aromatic N) is 1. The summed E-state index contributed by atoms with van der Waals surface area (Å²) in [5.74, 6) is -0.639. The number of H-pyrrole nitrogens is 1.